The van der Waals surface area contributed by atoms with Gasteiger partial charge in [-0.25, -0.2) is 0 Å². The van der Waals surface area contributed by atoms with E-state index in [2.05, 4.69) is 6.92 Å². The molecule has 1 saturated heterocycles. The maximum Gasteiger partial charge on any atom is 0.227 e. The third-order valence-electron chi connectivity index (χ3n) is 3.29. The van der Waals surface area contributed by atoms with Crippen LogP contribution >= 0.6 is 12.4 Å². The molecule has 1 aromatic rings. The number of piperidine rings is 1. The molecule has 0 spiro atoms. The molecule has 1 amide bonds. The molecule has 3 nitrogen and oxygen atoms in total. The maximum absolute atomic E-state index is 12.1. The zero-order valence-electron chi connectivity index (χ0n) is 10.8. The highest BCUT2D eigenvalue weighted by Gasteiger charge is 2.20. The third kappa shape index (κ3) is 4.00. The molecule has 0 aromatic heterocycles. The fourth-order valence-electron chi connectivity index (χ4n) is 2.23. The minimum atomic E-state index is 0. The van der Waals surface area contributed by atoms with Crippen molar-refractivity contribution in [2.24, 2.45) is 5.73 Å². The first kappa shape index (κ1) is 15.0. The molecule has 1 atom stereocenters. The highest BCUT2D eigenvalue weighted by molar-refractivity contribution is 5.85. The Bertz CT molecular complexity index is 391. The summed E-state index contributed by atoms with van der Waals surface area (Å²) in [4.78, 5) is 14.0. The predicted octanol–water partition coefficient (Wildman–Crippen LogP) is 1.91. The lowest BCUT2D eigenvalue weighted by molar-refractivity contribution is -0.131. The van der Waals surface area contributed by atoms with Gasteiger partial charge in [0.1, 0.15) is 0 Å². The van der Waals surface area contributed by atoms with E-state index in [-0.39, 0.29) is 24.4 Å². The first-order valence-electron chi connectivity index (χ1n) is 6.24. The molecular formula is C14H21ClN2O. The molecule has 0 radical (unpaired) electrons. The van der Waals surface area contributed by atoms with Crippen LogP contribution in [0.3, 0.4) is 0 Å². The van der Waals surface area contributed by atoms with Gasteiger partial charge in [0.25, 0.3) is 0 Å². The van der Waals surface area contributed by atoms with Gasteiger partial charge in [-0.1, -0.05) is 29.8 Å². The SMILES string of the molecule is Cc1ccc(CC(=O)N2CCC[C@@H](N)C2)cc1.Cl. The number of aryl methyl sites for hydroxylation is 1. The summed E-state index contributed by atoms with van der Waals surface area (Å²) in [5.41, 5.74) is 8.19. The van der Waals surface area contributed by atoms with E-state index in [1.807, 2.05) is 29.2 Å². The Morgan fingerprint density at radius 1 is 1.39 bits per heavy atom. The summed E-state index contributed by atoms with van der Waals surface area (Å²) >= 11 is 0. The number of rotatable bonds is 2. The van der Waals surface area contributed by atoms with E-state index in [9.17, 15) is 4.79 Å². The fourth-order valence-corrected chi connectivity index (χ4v) is 2.23. The summed E-state index contributed by atoms with van der Waals surface area (Å²) in [7, 11) is 0. The summed E-state index contributed by atoms with van der Waals surface area (Å²) in [5.74, 6) is 0.198. The van der Waals surface area contributed by atoms with E-state index in [0.717, 1.165) is 24.9 Å². The average molecular weight is 269 g/mol. The Balaban J connectivity index is 0.00000162. The first-order valence-corrected chi connectivity index (χ1v) is 6.24. The topological polar surface area (TPSA) is 46.3 Å². The van der Waals surface area contributed by atoms with Gasteiger partial charge < -0.3 is 10.6 Å². The lowest BCUT2D eigenvalue weighted by Crippen LogP contribution is -2.46. The van der Waals surface area contributed by atoms with Crippen LogP contribution in [0.4, 0.5) is 0 Å². The van der Waals surface area contributed by atoms with E-state index in [1.165, 1.54) is 5.56 Å². The van der Waals surface area contributed by atoms with Crippen LogP contribution in [0.25, 0.3) is 0 Å². The van der Waals surface area contributed by atoms with Crippen LogP contribution in [0.1, 0.15) is 24.0 Å². The molecule has 1 aromatic carbocycles. The van der Waals surface area contributed by atoms with Crippen molar-refractivity contribution in [3.8, 4) is 0 Å². The standard InChI is InChI=1S/C14H20N2O.ClH/c1-11-4-6-12(7-5-11)9-14(17)16-8-2-3-13(15)10-16;/h4-7,13H,2-3,8-10,15H2,1H3;1H/t13-;/m1./s1. The highest BCUT2D eigenvalue weighted by Crippen LogP contribution is 2.11. The molecule has 18 heavy (non-hydrogen) atoms. The monoisotopic (exact) mass is 268 g/mol. The number of likely N-dealkylation sites (tertiary alicyclic amines) is 1. The summed E-state index contributed by atoms with van der Waals surface area (Å²) in [6.45, 7) is 3.62. The fraction of sp³-hybridized carbons (Fsp3) is 0.500. The van der Waals surface area contributed by atoms with E-state index in [4.69, 9.17) is 5.73 Å². The molecule has 0 bridgehead atoms. The smallest absolute Gasteiger partial charge is 0.227 e. The van der Waals surface area contributed by atoms with Gasteiger partial charge in [0.05, 0.1) is 6.42 Å². The zero-order valence-corrected chi connectivity index (χ0v) is 11.6. The molecular weight excluding hydrogens is 248 g/mol. The van der Waals surface area contributed by atoms with Gasteiger partial charge >= 0.3 is 0 Å². The second kappa shape index (κ2) is 6.76. The second-order valence-corrected chi connectivity index (χ2v) is 4.90. The number of hydrogen-bond acceptors (Lipinski definition) is 2. The van der Waals surface area contributed by atoms with E-state index in [1.54, 1.807) is 0 Å². The number of amides is 1. The normalized spacial score (nSPS) is 19.2. The van der Waals surface area contributed by atoms with Crippen LogP contribution in [0.5, 0.6) is 0 Å². The molecule has 0 unspecified atom stereocenters. The van der Waals surface area contributed by atoms with Crippen molar-refractivity contribution < 1.29 is 4.79 Å². The molecule has 0 saturated carbocycles. The molecule has 1 aliphatic heterocycles. The second-order valence-electron chi connectivity index (χ2n) is 4.90. The van der Waals surface area contributed by atoms with Crippen LogP contribution in [0.2, 0.25) is 0 Å². The molecule has 4 heteroatoms. The van der Waals surface area contributed by atoms with Gasteiger partial charge in [0, 0.05) is 19.1 Å². The maximum atomic E-state index is 12.1. The zero-order chi connectivity index (χ0) is 12.3. The predicted molar refractivity (Wildman–Crippen MR) is 75.9 cm³/mol. The van der Waals surface area contributed by atoms with Crippen molar-refractivity contribution in [3.05, 3.63) is 35.4 Å². The van der Waals surface area contributed by atoms with Crippen molar-refractivity contribution in [3.63, 3.8) is 0 Å². The Hall–Kier alpha value is -1.06. The van der Waals surface area contributed by atoms with Gasteiger partial charge in [0.2, 0.25) is 5.91 Å². The largest absolute Gasteiger partial charge is 0.341 e. The van der Waals surface area contributed by atoms with E-state index >= 15 is 0 Å². The number of halogens is 1. The lowest BCUT2D eigenvalue weighted by atomic mass is 10.0. The first-order chi connectivity index (χ1) is 8.15. The molecule has 2 N–H and O–H groups in total. The van der Waals surface area contributed by atoms with Crippen molar-refractivity contribution in [1.82, 2.24) is 4.90 Å². The number of hydrogen-bond donors (Lipinski definition) is 1. The quantitative estimate of drug-likeness (QED) is 0.891. The summed E-state index contributed by atoms with van der Waals surface area (Å²) in [5, 5.41) is 0. The van der Waals surface area contributed by atoms with Crippen molar-refractivity contribution in [2.45, 2.75) is 32.2 Å². The van der Waals surface area contributed by atoms with Gasteiger partial charge in [0.15, 0.2) is 0 Å². The molecule has 1 heterocycles. The van der Waals surface area contributed by atoms with Crippen LogP contribution in [-0.4, -0.2) is 29.9 Å². The highest BCUT2D eigenvalue weighted by atomic mass is 35.5. The number of nitrogens with zero attached hydrogens (tertiary/aromatic N) is 1. The number of benzene rings is 1. The molecule has 2 rings (SSSR count). The molecule has 1 aliphatic rings. The van der Waals surface area contributed by atoms with Gasteiger partial charge in [-0.2, -0.15) is 0 Å². The number of carbonyl (C=O) groups excluding carboxylic acids is 1. The van der Waals surface area contributed by atoms with E-state index in [0.29, 0.717) is 13.0 Å². The summed E-state index contributed by atoms with van der Waals surface area (Å²) in [6, 6.07) is 8.30. The Morgan fingerprint density at radius 3 is 2.67 bits per heavy atom. The Kier molecular flexibility index (Phi) is 5.63. The lowest BCUT2D eigenvalue weighted by Gasteiger charge is -2.30. The summed E-state index contributed by atoms with van der Waals surface area (Å²) in [6.07, 6.45) is 2.56. The van der Waals surface area contributed by atoms with Crippen LogP contribution in [-0.2, 0) is 11.2 Å². The Morgan fingerprint density at radius 2 is 2.06 bits per heavy atom. The summed E-state index contributed by atoms with van der Waals surface area (Å²) < 4.78 is 0. The van der Waals surface area contributed by atoms with Crippen molar-refractivity contribution >= 4 is 18.3 Å². The van der Waals surface area contributed by atoms with Crippen molar-refractivity contribution in [1.29, 1.82) is 0 Å². The average Bonchev–Trinajstić information content (AvgIpc) is 2.32. The molecule has 100 valence electrons. The minimum absolute atomic E-state index is 0. The van der Waals surface area contributed by atoms with Gasteiger partial charge in [-0.15, -0.1) is 12.4 Å². The molecule has 1 fully saturated rings. The number of nitrogens with two attached hydrogens (primary N) is 1. The van der Waals surface area contributed by atoms with E-state index < -0.39 is 0 Å². The number of carbonyl (C=O) groups is 1. The van der Waals surface area contributed by atoms with Crippen molar-refractivity contribution in [2.75, 3.05) is 13.1 Å². The van der Waals surface area contributed by atoms with Crippen LogP contribution in [0, 0.1) is 6.92 Å². The van der Waals surface area contributed by atoms with Crippen LogP contribution in [0.15, 0.2) is 24.3 Å². The Labute approximate surface area is 115 Å². The molecule has 0 aliphatic carbocycles. The minimum Gasteiger partial charge on any atom is -0.341 e. The third-order valence-corrected chi connectivity index (χ3v) is 3.29. The van der Waals surface area contributed by atoms with Crippen LogP contribution < -0.4 is 5.73 Å². The van der Waals surface area contributed by atoms with Gasteiger partial charge in [-0.3, -0.25) is 4.79 Å². The van der Waals surface area contributed by atoms with Gasteiger partial charge in [-0.05, 0) is 25.3 Å².